The van der Waals surface area contributed by atoms with E-state index in [2.05, 4.69) is 311 Å². The molecular weight excluding hydrogens is 1170 g/mol. The standard InChI is InChI=1S/C80H94Ge2O4/c1-49-45-63(75(13,14)15)71(57(9)53(49)5)81(72-58(10)54(6)50(2)46-64(72)76(16,17)18)79(61-35-27-25-28-36-61,83-67-39-31-33-41-69(67)85-81)43-44-80(62-37-29-26-30-38-62)82(86-70-42-34-32-40-68(70)84-80,73-59(11)55(7)51(3)47-65(73)77(19,20)21)74-60(12)56(8)52(4)48-66(74)78(22,23)24/h25-42,45-48H,1-24H3. The topological polar surface area (TPSA) is 36.9 Å². The van der Waals surface area contributed by atoms with Gasteiger partial charge in [0, 0.05) is 0 Å². The summed E-state index contributed by atoms with van der Waals surface area (Å²) in [5.41, 5.74) is 20.3. The van der Waals surface area contributed by atoms with Gasteiger partial charge in [-0.15, -0.1) is 0 Å². The van der Waals surface area contributed by atoms with Crippen molar-refractivity contribution in [3.8, 4) is 34.8 Å². The first kappa shape index (κ1) is 62.7. The van der Waals surface area contributed by atoms with Crippen LogP contribution in [0.5, 0.6) is 23.0 Å². The van der Waals surface area contributed by atoms with Crippen molar-refractivity contribution in [2.24, 2.45) is 0 Å². The van der Waals surface area contributed by atoms with E-state index in [9.17, 15) is 0 Å². The first-order valence-corrected chi connectivity index (χ1v) is 39.2. The van der Waals surface area contributed by atoms with Crippen molar-refractivity contribution in [1.29, 1.82) is 0 Å². The third kappa shape index (κ3) is 9.71. The Labute approximate surface area is 523 Å². The summed E-state index contributed by atoms with van der Waals surface area (Å²) >= 11 is -10.6. The Morgan fingerprint density at radius 2 is 0.512 bits per heavy atom. The Balaban J connectivity index is 1.60. The molecule has 0 saturated heterocycles. The van der Waals surface area contributed by atoms with E-state index in [1.165, 1.54) is 107 Å². The van der Waals surface area contributed by atoms with Gasteiger partial charge in [0.2, 0.25) is 0 Å². The molecule has 0 fully saturated rings. The molecular formula is C80H94Ge2O4. The fourth-order valence-electron chi connectivity index (χ4n) is 14.3. The van der Waals surface area contributed by atoms with E-state index < -0.39 is 36.1 Å². The fourth-order valence-corrected chi connectivity index (χ4v) is 39.2. The Kier molecular flexibility index (Phi) is 15.8. The first-order chi connectivity index (χ1) is 40.1. The SMILES string of the molecule is Cc1cc(C(C)(C)C)[c]([Ge]2([c]3c(C(C)(C)C)cc(C)c(C)c3C)[O]c3ccccc3O[C]2(C#C[C]2(c3ccccc3)Oc3ccccc3[O][Ge]2([c]2c(C(C)(C)C)cc(C)c(C)c2C)[c]2c(C(C)(C)C)cc(C)c(C)c2C)c2ccccc2)c(C)c1C. The van der Waals surface area contributed by atoms with Crippen LogP contribution in [-0.2, 0) is 30.5 Å². The van der Waals surface area contributed by atoms with Crippen LogP contribution in [-0.4, -0.2) is 27.2 Å². The van der Waals surface area contributed by atoms with E-state index in [0.29, 0.717) is 11.5 Å². The van der Waals surface area contributed by atoms with Crippen molar-refractivity contribution in [3.63, 3.8) is 0 Å². The molecule has 0 spiro atoms. The van der Waals surface area contributed by atoms with E-state index in [0.717, 1.165) is 22.6 Å². The van der Waals surface area contributed by atoms with Crippen LogP contribution in [0.15, 0.2) is 133 Å². The maximum atomic E-state index is 8.77. The van der Waals surface area contributed by atoms with Crippen LogP contribution in [0.1, 0.15) is 183 Å². The molecule has 86 heavy (non-hydrogen) atoms. The fraction of sp³-hybridized carbons (Fsp3) is 0.375. The molecule has 0 N–H and O–H groups in total. The van der Waals surface area contributed by atoms with Crippen LogP contribution >= 0.6 is 0 Å². The van der Waals surface area contributed by atoms with Gasteiger partial charge >= 0.3 is 527 Å². The molecule has 4 nitrogen and oxygen atoms in total. The summed E-state index contributed by atoms with van der Waals surface area (Å²) in [6, 6.07) is 48.6. The number of hydrogen-bond donors (Lipinski definition) is 0. The van der Waals surface area contributed by atoms with E-state index in [1.54, 1.807) is 0 Å². The predicted molar refractivity (Wildman–Crippen MR) is 367 cm³/mol. The van der Waals surface area contributed by atoms with Gasteiger partial charge in [-0.05, 0) is 0 Å². The van der Waals surface area contributed by atoms with Crippen molar-refractivity contribution in [2.45, 2.75) is 197 Å². The number of benzene rings is 8. The third-order valence-corrected chi connectivity index (χ3v) is 39.6. The van der Waals surface area contributed by atoms with Crippen LogP contribution in [0, 0.1) is 94.9 Å². The van der Waals surface area contributed by atoms with Crippen molar-refractivity contribution in [1.82, 2.24) is 0 Å². The average molecular weight is 1260 g/mol. The number of para-hydroxylation sites is 4. The molecule has 0 bridgehead atoms. The molecule has 6 heteroatoms. The average Bonchev–Trinajstić information content (AvgIpc) is 0.680. The zero-order chi connectivity index (χ0) is 62.8. The summed E-state index contributed by atoms with van der Waals surface area (Å²) in [6.07, 6.45) is 0. The molecule has 0 saturated carbocycles. The molecule has 2 heterocycles. The monoisotopic (exact) mass is 1270 g/mol. The molecule has 0 aliphatic carbocycles. The van der Waals surface area contributed by atoms with Gasteiger partial charge in [-0.2, -0.15) is 0 Å². The Bertz CT molecular complexity index is 3660. The van der Waals surface area contributed by atoms with Crippen molar-refractivity contribution in [3.05, 3.63) is 234 Å². The molecule has 2 unspecified atom stereocenters. The quantitative estimate of drug-likeness (QED) is 0.123. The Morgan fingerprint density at radius 3 is 0.744 bits per heavy atom. The summed E-state index contributed by atoms with van der Waals surface area (Å²) in [5, 5.41) is 0. The molecule has 2 aliphatic heterocycles. The molecule has 0 amide bonds. The second-order valence-corrected chi connectivity index (χ2v) is 43.2. The predicted octanol–water partition coefficient (Wildman–Crippen LogP) is 17.2. The summed E-state index contributed by atoms with van der Waals surface area (Å²) in [4.78, 5) is 0. The molecule has 0 aromatic heterocycles. The molecule has 2 aliphatic rings. The second kappa shape index (κ2) is 21.7. The third-order valence-electron chi connectivity index (χ3n) is 19.8. The number of fused-ring (bicyclic) bond motifs is 2. The zero-order valence-corrected chi connectivity index (χ0v) is 60.5. The molecule has 8 aromatic carbocycles. The number of ether oxygens (including phenoxy) is 2. The Morgan fingerprint density at radius 1 is 0.291 bits per heavy atom. The van der Waals surface area contributed by atoms with Gasteiger partial charge in [0.05, 0.1) is 0 Å². The minimum atomic E-state index is -5.29. The number of aryl methyl sites for hydroxylation is 4. The molecule has 0 radical (unpaired) electrons. The normalized spacial score (nSPS) is 18.1. The molecule has 446 valence electrons. The summed E-state index contributed by atoms with van der Waals surface area (Å²) in [5.74, 6) is 11.8. The van der Waals surface area contributed by atoms with Crippen molar-refractivity contribution in [2.75, 3.05) is 0 Å². The molecule has 8 aromatic rings. The van der Waals surface area contributed by atoms with Crippen LogP contribution in [0.2, 0.25) is 0 Å². The van der Waals surface area contributed by atoms with E-state index in [4.69, 9.17) is 17.0 Å². The van der Waals surface area contributed by atoms with Crippen molar-refractivity contribution < 1.29 is 17.0 Å². The summed E-state index contributed by atoms with van der Waals surface area (Å²) in [6.45, 7) is 56.2. The number of rotatable bonds is 6. The van der Waals surface area contributed by atoms with Crippen LogP contribution in [0.4, 0.5) is 0 Å². The van der Waals surface area contributed by atoms with Gasteiger partial charge in [0.1, 0.15) is 0 Å². The molecule has 2 atom stereocenters. The van der Waals surface area contributed by atoms with Gasteiger partial charge in [0.25, 0.3) is 0 Å². The number of hydrogen-bond acceptors (Lipinski definition) is 4. The van der Waals surface area contributed by atoms with Gasteiger partial charge in [-0.1, -0.05) is 0 Å². The van der Waals surface area contributed by atoms with Gasteiger partial charge in [-0.25, -0.2) is 0 Å². The zero-order valence-electron chi connectivity index (χ0n) is 56.3. The van der Waals surface area contributed by atoms with E-state index in [-0.39, 0.29) is 21.7 Å². The Hall–Kier alpha value is -6.39. The molecule has 10 rings (SSSR count). The van der Waals surface area contributed by atoms with Crippen LogP contribution in [0.25, 0.3) is 0 Å². The van der Waals surface area contributed by atoms with Gasteiger partial charge in [0.15, 0.2) is 0 Å². The van der Waals surface area contributed by atoms with E-state index >= 15 is 0 Å². The second-order valence-electron chi connectivity index (χ2n) is 29.5. The summed E-state index contributed by atoms with van der Waals surface area (Å²) in [7, 11) is 0. The maximum absolute atomic E-state index is 8.77. The summed E-state index contributed by atoms with van der Waals surface area (Å²) < 4.78 is 36.5. The van der Waals surface area contributed by atoms with Crippen LogP contribution in [0.3, 0.4) is 0 Å². The first-order valence-electron chi connectivity index (χ1n) is 31.2. The van der Waals surface area contributed by atoms with E-state index in [1.807, 2.05) is 0 Å². The van der Waals surface area contributed by atoms with Crippen LogP contribution < -0.4 is 34.6 Å². The van der Waals surface area contributed by atoms with Gasteiger partial charge < -0.3 is 0 Å². The minimum absolute atomic E-state index is 0.351. The van der Waals surface area contributed by atoms with Crippen molar-refractivity contribution >= 4 is 44.8 Å². The van der Waals surface area contributed by atoms with Gasteiger partial charge in [-0.3, -0.25) is 0 Å².